The molecule has 0 unspecified atom stereocenters. The third-order valence-corrected chi connectivity index (χ3v) is 5.45. The summed E-state index contributed by atoms with van der Waals surface area (Å²) in [7, 11) is 0. The van der Waals surface area contributed by atoms with Crippen LogP contribution in [0.4, 0.5) is 0 Å². The lowest BCUT2D eigenvalue weighted by Crippen LogP contribution is -2.56. The molecule has 1 saturated carbocycles. The predicted octanol–water partition coefficient (Wildman–Crippen LogP) is 2.98. The topological polar surface area (TPSA) is 28.2 Å². The molecule has 1 aliphatic heterocycles. The zero-order valence-corrected chi connectivity index (χ0v) is 12.9. The second kappa shape index (κ2) is 5.51. The smallest absolute Gasteiger partial charge is 0.0959 e. The minimum Gasteiger partial charge on any atom is -0.309 e. The maximum atomic E-state index is 4.68. The summed E-state index contributed by atoms with van der Waals surface area (Å²) in [5.41, 5.74) is 0.247. The lowest BCUT2D eigenvalue weighted by atomic mass is 10.0. The van der Waals surface area contributed by atoms with E-state index in [1.54, 1.807) is 0 Å². The van der Waals surface area contributed by atoms with Crippen molar-refractivity contribution in [1.29, 1.82) is 0 Å². The number of hydrogen-bond acceptors (Lipinski definition) is 4. The summed E-state index contributed by atoms with van der Waals surface area (Å²) < 4.78 is 0. The first kappa shape index (κ1) is 13.5. The molecule has 4 heteroatoms. The summed E-state index contributed by atoms with van der Waals surface area (Å²) in [6.07, 6.45) is 7.62. The fourth-order valence-corrected chi connectivity index (χ4v) is 4.49. The van der Waals surface area contributed by atoms with E-state index in [0.717, 1.165) is 32.1 Å². The van der Waals surface area contributed by atoms with Gasteiger partial charge in [-0.15, -0.1) is 11.3 Å². The Morgan fingerprint density at radius 3 is 2.95 bits per heavy atom. The van der Waals surface area contributed by atoms with E-state index in [1.165, 1.54) is 35.6 Å². The van der Waals surface area contributed by atoms with Gasteiger partial charge >= 0.3 is 0 Å². The maximum Gasteiger partial charge on any atom is 0.0959 e. The number of thiazole rings is 1. The minimum absolute atomic E-state index is 0.247. The molecule has 2 fully saturated rings. The Bertz CT molecular complexity index is 421. The highest BCUT2D eigenvalue weighted by atomic mass is 32.1. The highest BCUT2D eigenvalue weighted by Gasteiger charge is 2.26. The average molecular weight is 279 g/mol. The summed E-state index contributed by atoms with van der Waals surface area (Å²) in [4.78, 5) is 8.68. The van der Waals surface area contributed by atoms with Crippen molar-refractivity contribution < 1.29 is 0 Å². The third-order valence-electron chi connectivity index (χ3n) is 4.31. The maximum absolute atomic E-state index is 4.68. The molecule has 2 aliphatic rings. The van der Waals surface area contributed by atoms with Gasteiger partial charge in [-0.25, -0.2) is 4.98 Å². The normalized spacial score (nSPS) is 24.9. The lowest BCUT2D eigenvalue weighted by molar-refractivity contribution is 0.149. The van der Waals surface area contributed by atoms with Gasteiger partial charge in [-0.05, 0) is 26.7 Å². The molecule has 2 heterocycles. The van der Waals surface area contributed by atoms with Gasteiger partial charge in [0.25, 0.3) is 0 Å². The van der Waals surface area contributed by atoms with Crippen LogP contribution < -0.4 is 5.32 Å². The van der Waals surface area contributed by atoms with Crippen LogP contribution in [0.15, 0.2) is 6.20 Å². The van der Waals surface area contributed by atoms with Crippen molar-refractivity contribution in [2.24, 2.45) is 0 Å². The molecule has 19 heavy (non-hydrogen) atoms. The molecule has 3 rings (SSSR count). The first-order valence-corrected chi connectivity index (χ1v) is 8.36. The van der Waals surface area contributed by atoms with Crippen LogP contribution in [-0.2, 0) is 6.54 Å². The van der Waals surface area contributed by atoms with Crippen LogP contribution in [0, 0.1) is 0 Å². The molecule has 3 nitrogen and oxygen atoms in total. The Balaban J connectivity index is 1.60. The molecule has 0 atom stereocenters. The minimum atomic E-state index is 0.247. The van der Waals surface area contributed by atoms with E-state index >= 15 is 0 Å². The van der Waals surface area contributed by atoms with Crippen molar-refractivity contribution >= 4 is 11.3 Å². The van der Waals surface area contributed by atoms with E-state index in [4.69, 9.17) is 0 Å². The molecular formula is C15H25N3S. The van der Waals surface area contributed by atoms with Crippen LogP contribution >= 0.6 is 11.3 Å². The van der Waals surface area contributed by atoms with Crippen LogP contribution in [0.3, 0.4) is 0 Å². The number of aromatic nitrogens is 1. The van der Waals surface area contributed by atoms with Gasteiger partial charge in [0.2, 0.25) is 0 Å². The number of nitrogens with zero attached hydrogens (tertiary/aromatic N) is 2. The van der Waals surface area contributed by atoms with Crippen molar-refractivity contribution in [3.05, 3.63) is 16.1 Å². The monoisotopic (exact) mass is 279 g/mol. The summed E-state index contributed by atoms with van der Waals surface area (Å²) in [6.45, 7) is 9.03. The van der Waals surface area contributed by atoms with Gasteiger partial charge in [0.15, 0.2) is 0 Å². The van der Waals surface area contributed by atoms with Crippen molar-refractivity contribution in [3.8, 4) is 0 Å². The van der Waals surface area contributed by atoms with Gasteiger partial charge in [0, 0.05) is 48.7 Å². The molecule has 106 valence electrons. The number of piperazine rings is 1. The van der Waals surface area contributed by atoms with Gasteiger partial charge in [-0.3, -0.25) is 4.90 Å². The van der Waals surface area contributed by atoms with Gasteiger partial charge in [-0.1, -0.05) is 12.8 Å². The first-order valence-electron chi connectivity index (χ1n) is 7.54. The standard InChI is InChI=1S/C15H25N3S/c1-15(2)11-18(8-7-17-15)10-13-9-16-14(19-13)12-5-3-4-6-12/h9,12,17H,3-8,10-11H2,1-2H3. The Hall–Kier alpha value is -0.450. The Morgan fingerprint density at radius 1 is 1.42 bits per heavy atom. The average Bonchev–Trinajstić information content (AvgIpc) is 2.96. The number of nitrogens with one attached hydrogen (secondary N) is 1. The zero-order valence-electron chi connectivity index (χ0n) is 12.1. The van der Waals surface area contributed by atoms with Crippen LogP contribution in [0.25, 0.3) is 0 Å². The first-order chi connectivity index (χ1) is 9.12. The molecule has 1 saturated heterocycles. The molecule has 1 N–H and O–H groups in total. The molecule has 0 spiro atoms. The third kappa shape index (κ3) is 3.36. The molecule has 1 aromatic heterocycles. The van der Waals surface area contributed by atoms with E-state index in [9.17, 15) is 0 Å². The van der Waals surface area contributed by atoms with Crippen molar-refractivity contribution in [1.82, 2.24) is 15.2 Å². The summed E-state index contributed by atoms with van der Waals surface area (Å²) in [5.74, 6) is 0.762. The van der Waals surface area contributed by atoms with Crippen molar-refractivity contribution in [2.75, 3.05) is 19.6 Å². The molecule has 0 radical (unpaired) electrons. The summed E-state index contributed by atoms with van der Waals surface area (Å²) >= 11 is 1.95. The van der Waals surface area contributed by atoms with Crippen LogP contribution in [0.1, 0.15) is 55.3 Å². The molecule has 1 aliphatic carbocycles. The lowest BCUT2D eigenvalue weighted by Gasteiger charge is -2.38. The second-order valence-electron chi connectivity index (χ2n) is 6.67. The molecule has 0 aromatic carbocycles. The molecular weight excluding hydrogens is 254 g/mol. The van der Waals surface area contributed by atoms with Gasteiger partial charge in [0.1, 0.15) is 0 Å². The molecule has 0 amide bonds. The van der Waals surface area contributed by atoms with Gasteiger partial charge < -0.3 is 5.32 Å². The summed E-state index contributed by atoms with van der Waals surface area (Å²) in [5, 5.41) is 4.96. The van der Waals surface area contributed by atoms with Crippen LogP contribution in [0.5, 0.6) is 0 Å². The fourth-order valence-electron chi connectivity index (χ4n) is 3.36. The second-order valence-corrected chi connectivity index (χ2v) is 7.81. The van der Waals surface area contributed by atoms with Gasteiger partial charge in [0.05, 0.1) is 5.01 Å². The largest absolute Gasteiger partial charge is 0.309 e. The summed E-state index contributed by atoms with van der Waals surface area (Å²) in [6, 6.07) is 0. The zero-order chi connectivity index (χ0) is 13.3. The predicted molar refractivity (Wildman–Crippen MR) is 80.7 cm³/mol. The van der Waals surface area contributed by atoms with Crippen LogP contribution in [0.2, 0.25) is 0 Å². The quantitative estimate of drug-likeness (QED) is 0.922. The van der Waals surface area contributed by atoms with Crippen molar-refractivity contribution in [3.63, 3.8) is 0 Å². The van der Waals surface area contributed by atoms with E-state index in [2.05, 4.69) is 35.2 Å². The fraction of sp³-hybridized carbons (Fsp3) is 0.800. The number of hydrogen-bond donors (Lipinski definition) is 1. The van der Waals surface area contributed by atoms with E-state index < -0.39 is 0 Å². The van der Waals surface area contributed by atoms with Gasteiger partial charge in [-0.2, -0.15) is 0 Å². The molecule has 1 aromatic rings. The van der Waals surface area contributed by atoms with Crippen molar-refractivity contribution in [2.45, 2.75) is 57.5 Å². The van der Waals surface area contributed by atoms with E-state index in [-0.39, 0.29) is 5.54 Å². The molecule has 0 bridgehead atoms. The Kier molecular flexibility index (Phi) is 3.92. The highest BCUT2D eigenvalue weighted by molar-refractivity contribution is 7.11. The SMILES string of the molecule is CC1(C)CN(Cc2cnc(C3CCCC3)s2)CCN1. The van der Waals surface area contributed by atoms with E-state index in [1.807, 2.05) is 11.3 Å². The van der Waals surface area contributed by atoms with E-state index in [0.29, 0.717) is 0 Å². The Morgan fingerprint density at radius 2 is 2.21 bits per heavy atom. The van der Waals surface area contributed by atoms with Crippen LogP contribution in [-0.4, -0.2) is 35.1 Å². The highest BCUT2D eigenvalue weighted by Crippen LogP contribution is 2.36. The number of rotatable bonds is 3. The Labute approximate surface area is 120 Å².